The molecule has 0 radical (unpaired) electrons. The van der Waals surface area contributed by atoms with Gasteiger partial charge in [0.15, 0.2) is 0 Å². The maximum Gasteiger partial charge on any atom is 1.00 e. The summed E-state index contributed by atoms with van der Waals surface area (Å²) < 4.78 is 94.7. The third kappa shape index (κ3) is 20.4. The summed E-state index contributed by atoms with van der Waals surface area (Å²) in [6.07, 6.45) is 15.8. The normalized spacial score (nSPS) is 16.2. The minimum absolute atomic E-state index is 0. The van der Waals surface area contributed by atoms with Gasteiger partial charge in [0.25, 0.3) is 19.2 Å². The molecule has 0 saturated heterocycles. The first-order chi connectivity index (χ1) is 24.5. The Balaban J connectivity index is 0.000000372. The summed E-state index contributed by atoms with van der Waals surface area (Å²) >= 11 is 3.48. The van der Waals surface area contributed by atoms with Gasteiger partial charge in [-0.25, -0.2) is 16.8 Å². The van der Waals surface area contributed by atoms with E-state index >= 15 is 0 Å². The Morgan fingerprint density at radius 1 is 0.611 bits per heavy atom. The van der Waals surface area contributed by atoms with Crippen LogP contribution in [0.15, 0.2) is 87.5 Å². The van der Waals surface area contributed by atoms with Crippen molar-refractivity contribution >= 4 is 55.9 Å². The number of halogens is 2. The van der Waals surface area contributed by atoms with Crippen LogP contribution >= 0.6 is 26.6 Å². The van der Waals surface area contributed by atoms with Crippen LogP contribution in [0.25, 0.3) is 0 Å². The fourth-order valence-electron chi connectivity index (χ4n) is 5.97. The molecular formula is C37H51BrClCsO11S3. The summed E-state index contributed by atoms with van der Waals surface area (Å²) in [6, 6.07) is 16.4. The Labute approximate surface area is 393 Å². The number of ether oxygens (including phenoxy) is 2. The van der Waals surface area contributed by atoms with Gasteiger partial charge in [-0.2, -0.15) is 8.42 Å². The van der Waals surface area contributed by atoms with E-state index in [1.54, 1.807) is 12.1 Å². The SMILES string of the molecule is BrCC1CCCC1.C.O=S(=O)(Cl)c1ccc(OCC2CCCC2)cc1.O=S(=O)(O)c1ccc(O)cc1.O=S(=O)([O-])c1ccc(OCC2CCCC2)cc1.[Cs+]. The van der Waals surface area contributed by atoms with E-state index in [1.807, 2.05) is 0 Å². The van der Waals surface area contributed by atoms with E-state index in [-0.39, 0.29) is 96.8 Å². The largest absolute Gasteiger partial charge is 1.00 e. The minimum atomic E-state index is -4.36. The van der Waals surface area contributed by atoms with E-state index in [0.717, 1.165) is 18.1 Å². The molecule has 0 bridgehead atoms. The maximum absolute atomic E-state index is 11.0. The van der Waals surface area contributed by atoms with E-state index < -0.39 is 29.3 Å². The van der Waals surface area contributed by atoms with Gasteiger partial charge in [-0.1, -0.05) is 61.9 Å². The molecule has 0 aromatic heterocycles. The average Bonchev–Trinajstić information content (AvgIpc) is 3.92. The molecule has 0 amide bonds. The smallest absolute Gasteiger partial charge is 0.744 e. The number of rotatable bonds is 10. The van der Waals surface area contributed by atoms with Gasteiger partial charge >= 0.3 is 68.9 Å². The summed E-state index contributed by atoms with van der Waals surface area (Å²) in [7, 11) is -6.90. The Hall–Kier alpha value is -0.348. The second-order valence-electron chi connectivity index (χ2n) is 13.0. The number of phenolic OH excluding ortho intramolecular Hbond substituents is 1. The Morgan fingerprint density at radius 3 is 1.24 bits per heavy atom. The van der Waals surface area contributed by atoms with Crippen LogP contribution < -0.4 is 78.4 Å². The van der Waals surface area contributed by atoms with Gasteiger partial charge in [-0.3, -0.25) is 4.55 Å². The van der Waals surface area contributed by atoms with E-state index in [2.05, 4.69) is 15.9 Å². The zero-order valence-corrected chi connectivity index (χ0v) is 40.9. The van der Waals surface area contributed by atoms with Crippen LogP contribution in [0.2, 0.25) is 0 Å². The molecule has 298 valence electrons. The first kappa shape index (κ1) is 51.7. The Kier molecular flexibility index (Phi) is 24.8. The molecule has 0 heterocycles. The Bertz CT molecular complexity index is 1720. The molecule has 0 atom stereocenters. The van der Waals surface area contributed by atoms with Crippen LogP contribution in [0.3, 0.4) is 0 Å². The molecular weight excluding hydrogens is 965 g/mol. The monoisotopic (exact) mass is 1010 g/mol. The van der Waals surface area contributed by atoms with Crippen LogP contribution in [0, 0.1) is 17.8 Å². The van der Waals surface area contributed by atoms with Crippen molar-refractivity contribution in [3.05, 3.63) is 72.8 Å². The number of benzene rings is 3. The molecule has 3 fully saturated rings. The zero-order valence-electron chi connectivity index (χ0n) is 29.8. The van der Waals surface area contributed by atoms with Gasteiger partial charge in [0.05, 0.1) is 27.9 Å². The van der Waals surface area contributed by atoms with Gasteiger partial charge in [0.1, 0.15) is 27.4 Å². The predicted octanol–water partition coefficient (Wildman–Crippen LogP) is 6.19. The number of alkyl halides is 1. The van der Waals surface area contributed by atoms with Crippen molar-refractivity contribution in [2.45, 2.75) is 99.2 Å². The topological polar surface area (TPSA) is 184 Å². The Morgan fingerprint density at radius 2 is 0.944 bits per heavy atom. The summed E-state index contributed by atoms with van der Waals surface area (Å²) in [5.74, 6) is 3.53. The molecule has 6 rings (SSSR count). The fourth-order valence-corrected chi connectivity index (χ4v) is 8.33. The van der Waals surface area contributed by atoms with Crippen LogP contribution in [-0.4, -0.2) is 58.0 Å². The quantitative estimate of drug-likeness (QED) is 0.134. The third-order valence-electron chi connectivity index (χ3n) is 8.97. The van der Waals surface area contributed by atoms with Gasteiger partial charge < -0.3 is 19.1 Å². The zero-order chi connectivity index (χ0) is 38.2. The maximum atomic E-state index is 11.0. The summed E-state index contributed by atoms with van der Waals surface area (Å²) in [4.78, 5) is -0.339. The molecule has 54 heavy (non-hydrogen) atoms. The first-order valence-electron chi connectivity index (χ1n) is 17.2. The molecule has 0 spiro atoms. The van der Waals surface area contributed by atoms with Crippen molar-refractivity contribution < 1.29 is 118 Å². The van der Waals surface area contributed by atoms with Crippen molar-refractivity contribution in [1.29, 1.82) is 0 Å². The molecule has 3 aliphatic carbocycles. The number of phenols is 1. The molecule has 2 N–H and O–H groups in total. The predicted molar refractivity (Wildman–Crippen MR) is 209 cm³/mol. The number of hydrogen-bond acceptors (Lipinski definition) is 10. The number of aromatic hydroxyl groups is 1. The van der Waals surface area contributed by atoms with E-state index in [9.17, 15) is 29.8 Å². The van der Waals surface area contributed by atoms with Crippen LogP contribution in [-0.2, 0) is 29.3 Å². The molecule has 3 aliphatic rings. The van der Waals surface area contributed by atoms with Crippen molar-refractivity contribution in [3.8, 4) is 17.2 Å². The minimum Gasteiger partial charge on any atom is -0.744 e. The molecule has 11 nitrogen and oxygen atoms in total. The summed E-state index contributed by atoms with van der Waals surface area (Å²) in [6.45, 7) is 1.39. The molecule has 3 aromatic rings. The molecule has 17 heteroatoms. The summed E-state index contributed by atoms with van der Waals surface area (Å²) in [5, 5.41) is 9.98. The van der Waals surface area contributed by atoms with Gasteiger partial charge in [-0.15, -0.1) is 0 Å². The summed E-state index contributed by atoms with van der Waals surface area (Å²) in [5.41, 5.74) is 0. The van der Waals surface area contributed by atoms with Crippen molar-refractivity contribution in [2.24, 2.45) is 17.8 Å². The van der Waals surface area contributed by atoms with Gasteiger partial charge in [0, 0.05) is 16.0 Å². The molecule has 3 aromatic carbocycles. The fraction of sp³-hybridized carbons (Fsp3) is 0.514. The molecule has 3 saturated carbocycles. The third-order valence-corrected chi connectivity index (χ3v) is 13.0. The van der Waals surface area contributed by atoms with Crippen molar-refractivity contribution in [1.82, 2.24) is 0 Å². The van der Waals surface area contributed by atoms with Crippen molar-refractivity contribution in [2.75, 3.05) is 18.5 Å². The second-order valence-corrected chi connectivity index (χ2v) is 19.0. The van der Waals surface area contributed by atoms with Crippen LogP contribution in [0.4, 0.5) is 0 Å². The van der Waals surface area contributed by atoms with E-state index in [1.165, 1.54) is 131 Å². The average molecular weight is 1020 g/mol. The molecule has 0 unspecified atom stereocenters. The van der Waals surface area contributed by atoms with E-state index in [0.29, 0.717) is 36.5 Å². The standard InChI is InChI=1S/C12H15ClO3S.C12H16O4S.C6H11Br.C6H6O4S.CH4.Cs/c2*13-17(14,15)12-7-5-11(6-8-12)16-9-10-3-1-2-4-10;7-5-6-3-1-2-4-6;7-5-1-3-6(4-2-5)11(8,9)10;;/h5-8,10H,1-4,9H2;5-8,10H,1-4,9H2,(H,13,14,15);6H,1-5H2;1-4,7H,(H,8,9,10);1H4;/q;;;;;+1/p-1. The van der Waals surface area contributed by atoms with Gasteiger partial charge in [-0.05, 0) is 129 Å². The van der Waals surface area contributed by atoms with E-state index in [4.69, 9.17) is 29.8 Å². The van der Waals surface area contributed by atoms with Crippen LogP contribution in [0.1, 0.15) is 84.5 Å². The van der Waals surface area contributed by atoms with Crippen molar-refractivity contribution in [3.63, 3.8) is 0 Å². The molecule has 0 aliphatic heterocycles. The van der Waals surface area contributed by atoms with Gasteiger partial charge in [0.2, 0.25) is 0 Å². The van der Waals surface area contributed by atoms with Crippen LogP contribution in [0.5, 0.6) is 17.2 Å². The number of hydrogen-bond donors (Lipinski definition) is 2. The second kappa shape index (κ2) is 25.9. The first-order valence-corrected chi connectivity index (χ1v) is 23.5.